The van der Waals surface area contributed by atoms with Crippen molar-refractivity contribution in [3.63, 3.8) is 0 Å². The number of aryl methyl sites for hydroxylation is 2. The number of hydrogen-bond acceptors (Lipinski definition) is 3. The predicted octanol–water partition coefficient (Wildman–Crippen LogP) is 1.94. The molecule has 0 aliphatic heterocycles. The van der Waals surface area contributed by atoms with Gasteiger partial charge in [0.2, 0.25) is 10.0 Å². The Morgan fingerprint density at radius 1 is 1.11 bits per heavy atom. The normalized spacial score (nSPS) is 12.8. The Morgan fingerprint density at radius 3 is 1.89 bits per heavy atom. The highest BCUT2D eigenvalue weighted by Gasteiger charge is 2.23. The van der Waals surface area contributed by atoms with Crippen molar-refractivity contribution in [3.8, 4) is 0 Å². The fourth-order valence-corrected chi connectivity index (χ4v) is 3.77. The van der Waals surface area contributed by atoms with Crippen LogP contribution >= 0.6 is 0 Å². The molecule has 0 fully saturated rings. The lowest BCUT2D eigenvalue weighted by Crippen LogP contribution is -2.45. The second-order valence-electron chi connectivity index (χ2n) is 5.90. The summed E-state index contributed by atoms with van der Waals surface area (Å²) >= 11 is 0. The molecule has 0 radical (unpaired) electrons. The van der Waals surface area contributed by atoms with Crippen LogP contribution in [0.4, 0.5) is 0 Å². The third-order valence-corrected chi connectivity index (χ3v) is 4.96. The molecule has 1 aromatic rings. The second kappa shape index (κ2) is 5.23. The molecule has 0 saturated heterocycles. The molecule has 0 saturated carbocycles. The highest BCUT2D eigenvalue weighted by atomic mass is 32.2. The monoisotopic (exact) mass is 284 g/mol. The molecule has 0 amide bonds. The van der Waals surface area contributed by atoms with Crippen LogP contribution in [-0.4, -0.2) is 20.5 Å². The SMILES string of the molecule is Cc1cc(C)c(C)c(S(=O)(=O)NCC(C)(C)N)c1C. The van der Waals surface area contributed by atoms with Gasteiger partial charge in [0.15, 0.2) is 0 Å². The van der Waals surface area contributed by atoms with Crippen molar-refractivity contribution >= 4 is 10.0 Å². The molecule has 108 valence electrons. The van der Waals surface area contributed by atoms with Gasteiger partial charge in [-0.2, -0.15) is 0 Å². The van der Waals surface area contributed by atoms with Gasteiger partial charge in [0.25, 0.3) is 0 Å². The van der Waals surface area contributed by atoms with Gasteiger partial charge >= 0.3 is 0 Å². The van der Waals surface area contributed by atoms with Crippen LogP contribution in [0.25, 0.3) is 0 Å². The van der Waals surface area contributed by atoms with Crippen molar-refractivity contribution in [3.05, 3.63) is 28.3 Å². The number of hydrogen-bond donors (Lipinski definition) is 2. The van der Waals surface area contributed by atoms with Crippen LogP contribution in [0.3, 0.4) is 0 Å². The number of nitrogens with one attached hydrogen (secondary N) is 1. The van der Waals surface area contributed by atoms with Gasteiger partial charge in [-0.25, -0.2) is 13.1 Å². The summed E-state index contributed by atoms with van der Waals surface area (Å²) in [5.41, 5.74) is 8.81. The molecular formula is C14H24N2O2S. The van der Waals surface area contributed by atoms with E-state index in [9.17, 15) is 8.42 Å². The molecule has 1 rings (SSSR count). The van der Waals surface area contributed by atoms with E-state index in [2.05, 4.69) is 4.72 Å². The Labute approximate surface area is 116 Å². The third-order valence-electron chi connectivity index (χ3n) is 3.28. The molecule has 0 aliphatic rings. The van der Waals surface area contributed by atoms with Crippen LogP contribution in [0.5, 0.6) is 0 Å². The summed E-state index contributed by atoms with van der Waals surface area (Å²) < 4.78 is 27.5. The molecule has 0 atom stereocenters. The quantitative estimate of drug-likeness (QED) is 0.887. The van der Waals surface area contributed by atoms with E-state index >= 15 is 0 Å². The maximum atomic E-state index is 12.5. The number of nitrogens with two attached hydrogens (primary N) is 1. The Balaban J connectivity index is 3.30. The van der Waals surface area contributed by atoms with E-state index in [1.165, 1.54) is 0 Å². The van der Waals surface area contributed by atoms with E-state index < -0.39 is 15.6 Å². The van der Waals surface area contributed by atoms with E-state index in [1.807, 2.05) is 33.8 Å². The summed E-state index contributed by atoms with van der Waals surface area (Å²) in [6.07, 6.45) is 0. The largest absolute Gasteiger partial charge is 0.324 e. The van der Waals surface area contributed by atoms with Crippen LogP contribution < -0.4 is 10.5 Å². The first-order valence-corrected chi connectivity index (χ1v) is 7.80. The van der Waals surface area contributed by atoms with Crippen LogP contribution in [-0.2, 0) is 10.0 Å². The van der Waals surface area contributed by atoms with E-state index in [0.717, 1.165) is 22.3 Å². The molecule has 3 N–H and O–H groups in total. The lowest BCUT2D eigenvalue weighted by Gasteiger charge is -2.21. The first kappa shape index (κ1) is 16.1. The van der Waals surface area contributed by atoms with Gasteiger partial charge in [0.05, 0.1) is 4.90 Å². The summed E-state index contributed by atoms with van der Waals surface area (Å²) in [7, 11) is -3.53. The van der Waals surface area contributed by atoms with Crippen molar-refractivity contribution in [1.29, 1.82) is 0 Å². The second-order valence-corrected chi connectivity index (χ2v) is 7.61. The number of rotatable bonds is 4. The average molecular weight is 284 g/mol. The lowest BCUT2D eigenvalue weighted by atomic mass is 10.0. The predicted molar refractivity (Wildman–Crippen MR) is 78.8 cm³/mol. The minimum Gasteiger partial charge on any atom is -0.324 e. The summed E-state index contributed by atoms with van der Waals surface area (Å²) in [6.45, 7) is 11.3. The van der Waals surface area contributed by atoms with E-state index in [-0.39, 0.29) is 6.54 Å². The molecule has 0 bridgehead atoms. The first-order chi connectivity index (χ1) is 8.46. The topological polar surface area (TPSA) is 72.2 Å². The van der Waals surface area contributed by atoms with Gasteiger partial charge in [0.1, 0.15) is 0 Å². The number of sulfonamides is 1. The van der Waals surface area contributed by atoms with Crippen molar-refractivity contribution in [2.75, 3.05) is 6.54 Å². The first-order valence-electron chi connectivity index (χ1n) is 6.31. The van der Waals surface area contributed by atoms with Gasteiger partial charge in [-0.05, 0) is 63.8 Å². The van der Waals surface area contributed by atoms with E-state index in [1.54, 1.807) is 13.8 Å². The summed E-state index contributed by atoms with van der Waals surface area (Å²) in [4.78, 5) is 0.384. The molecule has 5 heteroatoms. The standard InChI is InChI=1S/C14H24N2O2S/c1-9-7-10(2)12(4)13(11(9)3)19(17,18)16-8-14(5,6)15/h7,16H,8,15H2,1-6H3. The zero-order valence-electron chi connectivity index (χ0n) is 12.6. The van der Waals surface area contributed by atoms with Crippen molar-refractivity contribution in [2.24, 2.45) is 5.73 Å². The zero-order valence-corrected chi connectivity index (χ0v) is 13.4. The molecular weight excluding hydrogens is 260 g/mol. The fraction of sp³-hybridized carbons (Fsp3) is 0.571. The van der Waals surface area contributed by atoms with Gasteiger partial charge in [-0.15, -0.1) is 0 Å². The molecule has 0 aliphatic carbocycles. The maximum Gasteiger partial charge on any atom is 0.241 e. The highest BCUT2D eigenvalue weighted by Crippen LogP contribution is 2.25. The van der Waals surface area contributed by atoms with Gasteiger partial charge < -0.3 is 5.73 Å². The van der Waals surface area contributed by atoms with E-state index in [0.29, 0.717) is 4.90 Å². The van der Waals surface area contributed by atoms with Gasteiger partial charge in [-0.3, -0.25) is 0 Å². The third kappa shape index (κ3) is 3.78. The number of benzene rings is 1. The Bertz CT molecular complexity index is 558. The van der Waals surface area contributed by atoms with Gasteiger partial charge in [0, 0.05) is 12.1 Å². The van der Waals surface area contributed by atoms with Crippen molar-refractivity contribution < 1.29 is 8.42 Å². The molecule has 1 aromatic carbocycles. The Hall–Kier alpha value is -0.910. The minimum absolute atomic E-state index is 0.210. The molecule has 19 heavy (non-hydrogen) atoms. The summed E-state index contributed by atoms with van der Waals surface area (Å²) in [6, 6.07) is 2.01. The van der Waals surface area contributed by atoms with Crippen LogP contribution in [0.2, 0.25) is 0 Å². The molecule has 0 unspecified atom stereocenters. The minimum atomic E-state index is -3.53. The van der Waals surface area contributed by atoms with Gasteiger partial charge in [-0.1, -0.05) is 6.07 Å². The fourth-order valence-electron chi connectivity index (χ4n) is 1.94. The Morgan fingerprint density at radius 2 is 1.53 bits per heavy atom. The van der Waals surface area contributed by atoms with Crippen molar-refractivity contribution in [2.45, 2.75) is 52.0 Å². The smallest absolute Gasteiger partial charge is 0.241 e. The van der Waals surface area contributed by atoms with Crippen LogP contribution in [0.1, 0.15) is 36.1 Å². The highest BCUT2D eigenvalue weighted by molar-refractivity contribution is 7.89. The molecule has 0 aromatic heterocycles. The molecule has 0 spiro atoms. The molecule has 0 heterocycles. The van der Waals surface area contributed by atoms with Crippen molar-refractivity contribution in [1.82, 2.24) is 4.72 Å². The van der Waals surface area contributed by atoms with Crippen LogP contribution in [0.15, 0.2) is 11.0 Å². The molecule has 4 nitrogen and oxygen atoms in total. The van der Waals surface area contributed by atoms with Crippen LogP contribution in [0, 0.1) is 27.7 Å². The summed E-state index contributed by atoms with van der Waals surface area (Å²) in [5.74, 6) is 0. The van der Waals surface area contributed by atoms with E-state index in [4.69, 9.17) is 5.73 Å². The average Bonchev–Trinajstić information content (AvgIpc) is 2.23. The Kier molecular flexibility index (Phi) is 4.44. The lowest BCUT2D eigenvalue weighted by molar-refractivity contribution is 0.497. The maximum absolute atomic E-state index is 12.5. The summed E-state index contributed by atoms with van der Waals surface area (Å²) in [5, 5.41) is 0. The zero-order chi connectivity index (χ0) is 15.0.